The Morgan fingerprint density at radius 3 is 2.63 bits per heavy atom. The van der Waals surface area contributed by atoms with Crippen molar-refractivity contribution in [3.8, 4) is 5.75 Å². The third-order valence-electron chi connectivity index (χ3n) is 4.37. The summed E-state index contributed by atoms with van der Waals surface area (Å²) in [5.41, 5.74) is 2.31. The molecule has 0 spiro atoms. The van der Waals surface area contributed by atoms with Gasteiger partial charge < -0.3 is 9.64 Å². The van der Waals surface area contributed by atoms with Crippen molar-refractivity contribution in [2.45, 2.75) is 11.3 Å². The summed E-state index contributed by atoms with van der Waals surface area (Å²) in [5, 5.41) is 1.34. The van der Waals surface area contributed by atoms with Gasteiger partial charge in [-0.2, -0.15) is 0 Å². The molecular weight excluding hydrogens is 426 g/mol. The van der Waals surface area contributed by atoms with Crippen LogP contribution in [0.15, 0.2) is 69.9 Å². The van der Waals surface area contributed by atoms with Crippen molar-refractivity contribution in [2.24, 2.45) is 0 Å². The molecule has 2 aromatic rings. The van der Waals surface area contributed by atoms with Gasteiger partial charge in [-0.25, -0.2) is 8.42 Å². The molecule has 0 atom stereocenters. The van der Waals surface area contributed by atoms with Crippen LogP contribution >= 0.6 is 15.9 Å². The SMILES string of the molecule is C=CCN(C)CCCOc1ccc2c(c1)S(=O)(=O)C=C2c1ccc(Br)cc1. The van der Waals surface area contributed by atoms with Gasteiger partial charge in [0.05, 0.1) is 11.5 Å². The Balaban J connectivity index is 1.74. The highest BCUT2D eigenvalue weighted by atomic mass is 79.9. The number of likely N-dealkylation sites (N-methyl/N-ethyl adjacent to an activating group) is 1. The van der Waals surface area contributed by atoms with Crippen molar-refractivity contribution >= 4 is 31.3 Å². The number of benzene rings is 2. The first-order valence-corrected chi connectivity index (χ1v) is 11.0. The molecule has 0 aromatic heterocycles. The molecule has 27 heavy (non-hydrogen) atoms. The topological polar surface area (TPSA) is 46.6 Å². The van der Waals surface area contributed by atoms with E-state index in [1.54, 1.807) is 6.07 Å². The molecule has 0 fully saturated rings. The van der Waals surface area contributed by atoms with Crippen LogP contribution in [0.5, 0.6) is 5.75 Å². The van der Waals surface area contributed by atoms with Gasteiger partial charge in [0, 0.05) is 34.1 Å². The molecule has 1 aliphatic rings. The van der Waals surface area contributed by atoms with Crippen LogP contribution in [-0.4, -0.2) is 40.1 Å². The zero-order valence-electron chi connectivity index (χ0n) is 15.2. The van der Waals surface area contributed by atoms with E-state index in [1.165, 1.54) is 5.41 Å². The maximum absolute atomic E-state index is 12.6. The molecule has 0 aliphatic carbocycles. The van der Waals surface area contributed by atoms with Crippen molar-refractivity contribution in [3.05, 3.63) is 76.1 Å². The Hall–Kier alpha value is -1.89. The monoisotopic (exact) mass is 447 g/mol. The average Bonchev–Trinajstić information content (AvgIpc) is 2.91. The van der Waals surface area contributed by atoms with E-state index in [4.69, 9.17) is 4.74 Å². The molecule has 0 amide bonds. The predicted molar refractivity (Wildman–Crippen MR) is 113 cm³/mol. The van der Waals surface area contributed by atoms with E-state index < -0.39 is 9.84 Å². The first kappa shape index (κ1) is 19.9. The van der Waals surface area contributed by atoms with Crippen LogP contribution in [0.4, 0.5) is 0 Å². The number of ether oxygens (including phenoxy) is 1. The van der Waals surface area contributed by atoms with Crippen LogP contribution < -0.4 is 4.74 Å². The number of halogens is 1. The molecular formula is C21H22BrNO3S. The van der Waals surface area contributed by atoms with Gasteiger partial charge >= 0.3 is 0 Å². The first-order chi connectivity index (χ1) is 12.9. The zero-order valence-corrected chi connectivity index (χ0v) is 17.6. The van der Waals surface area contributed by atoms with Crippen molar-refractivity contribution < 1.29 is 13.2 Å². The summed E-state index contributed by atoms with van der Waals surface area (Å²) in [5.74, 6) is 0.578. The molecule has 0 saturated heterocycles. The second-order valence-electron chi connectivity index (χ2n) is 6.49. The number of hydrogen-bond donors (Lipinski definition) is 0. The molecule has 2 aromatic carbocycles. The Morgan fingerprint density at radius 2 is 1.93 bits per heavy atom. The fourth-order valence-corrected chi connectivity index (χ4v) is 4.75. The summed E-state index contributed by atoms with van der Waals surface area (Å²) in [6.45, 7) is 5.98. The summed E-state index contributed by atoms with van der Waals surface area (Å²) >= 11 is 3.40. The van der Waals surface area contributed by atoms with E-state index in [9.17, 15) is 8.42 Å². The molecule has 6 heteroatoms. The number of sulfone groups is 1. The Morgan fingerprint density at radius 1 is 1.19 bits per heavy atom. The molecule has 142 valence electrons. The van der Waals surface area contributed by atoms with Crippen molar-refractivity contribution in [1.82, 2.24) is 4.90 Å². The summed E-state index contributed by atoms with van der Waals surface area (Å²) in [4.78, 5) is 2.46. The smallest absolute Gasteiger partial charge is 0.201 e. The Labute approximate surface area is 169 Å². The van der Waals surface area contributed by atoms with Crippen molar-refractivity contribution in [2.75, 3.05) is 26.7 Å². The lowest BCUT2D eigenvalue weighted by atomic mass is 10.00. The summed E-state index contributed by atoms with van der Waals surface area (Å²) in [7, 11) is -1.43. The third kappa shape index (κ3) is 4.69. The maximum Gasteiger partial charge on any atom is 0.201 e. The molecule has 0 saturated carbocycles. The molecule has 0 bridgehead atoms. The van der Waals surface area contributed by atoms with Gasteiger partial charge in [-0.1, -0.05) is 34.1 Å². The highest BCUT2D eigenvalue weighted by Gasteiger charge is 2.28. The van der Waals surface area contributed by atoms with Gasteiger partial charge in [0.1, 0.15) is 5.75 Å². The molecule has 0 radical (unpaired) electrons. The molecule has 0 N–H and O–H groups in total. The molecule has 3 rings (SSSR count). The molecule has 1 heterocycles. The van der Waals surface area contributed by atoms with Gasteiger partial charge in [0.15, 0.2) is 0 Å². The highest BCUT2D eigenvalue weighted by Crippen LogP contribution is 2.39. The lowest BCUT2D eigenvalue weighted by Crippen LogP contribution is -2.21. The Bertz CT molecular complexity index is 965. The number of rotatable bonds is 8. The highest BCUT2D eigenvalue weighted by molar-refractivity contribution is 9.10. The normalized spacial score (nSPS) is 14.7. The summed E-state index contributed by atoms with van der Waals surface area (Å²) < 4.78 is 31.9. The van der Waals surface area contributed by atoms with Crippen LogP contribution in [0.2, 0.25) is 0 Å². The van der Waals surface area contributed by atoms with Gasteiger partial charge in [-0.05, 0) is 49.4 Å². The second kappa shape index (κ2) is 8.42. The van der Waals surface area contributed by atoms with Crippen LogP contribution in [0.1, 0.15) is 17.5 Å². The predicted octanol–water partition coefficient (Wildman–Crippen LogP) is 4.51. The molecule has 1 aliphatic heterocycles. The zero-order chi connectivity index (χ0) is 19.4. The summed E-state index contributed by atoms with van der Waals surface area (Å²) in [6.07, 6.45) is 2.72. The molecule has 4 nitrogen and oxygen atoms in total. The van der Waals surface area contributed by atoms with Crippen molar-refractivity contribution in [1.29, 1.82) is 0 Å². The van der Waals surface area contributed by atoms with Gasteiger partial charge in [0.2, 0.25) is 9.84 Å². The van der Waals surface area contributed by atoms with E-state index in [0.29, 0.717) is 17.3 Å². The lowest BCUT2D eigenvalue weighted by molar-refractivity contribution is 0.272. The van der Waals surface area contributed by atoms with E-state index in [1.807, 2.05) is 49.5 Å². The maximum atomic E-state index is 12.6. The third-order valence-corrected chi connectivity index (χ3v) is 6.40. The number of fused-ring (bicyclic) bond motifs is 1. The van der Waals surface area contributed by atoms with E-state index in [-0.39, 0.29) is 0 Å². The largest absolute Gasteiger partial charge is 0.494 e. The number of nitrogens with zero attached hydrogens (tertiary/aromatic N) is 1. The Kier molecular flexibility index (Phi) is 6.19. The fraction of sp³-hybridized carbons (Fsp3) is 0.238. The van der Waals surface area contributed by atoms with Crippen LogP contribution in [-0.2, 0) is 9.84 Å². The van der Waals surface area contributed by atoms with E-state index in [0.717, 1.165) is 40.7 Å². The lowest BCUT2D eigenvalue weighted by Gasteiger charge is -2.14. The van der Waals surface area contributed by atoms with Gasteiger partial charge in [0.25, 0.3) is 0 Å². The second-order valence-corrected chi connectivity index (χ2v) is 9.18. The van der Waals surface area contributed by atoms with Crippen LogP contribution in [0.3, 0.4) is 0 Å². The van der Waals surface area contributed by atoms with Crippen LogP contribution in [0.25, 0.3) is 5.57 Å². The van der Waals surface area contributed by atoms with E-state index >= 15 is 0 Å². The van der Waals surface area contributed by atoms with Crippen LogP contribution in [0, 0.1) is 0 Å². The minimum absolute atomic E-state index is 0.307. The summed E-state index contributed by atoms with van der Waals surface area (Å²) in [6, 6.07) is 12.9. The number of hydrogen-bond acceptors (Lipinski definition) is 4. The average molecular weight is 448 g/mol. The van der Waals surface area contributed by atoms with E-state index in [2.05, 4.69) is 27.4 Å². The van der Waals surface area contributed by atoms with Gasteiger partial charge in [-0.15, -0.1) is 6.58 Å². The minimum Gasteiger partial charge on any atom is -0.494 e. The minimum atomic E-state index is -3.46. The molecule has 0 unspecified atom stereocenters. The van der Waals surface area contributed by atoms with Crippen molar-refractivity contribution in [3.63, 3.8) is 0 Å². The standard InChI is InChI=1S/C21H22BrNO3S/c1-3-11-23(2)12-4-13-26-18-9-10-19-20(15-27(24,25)21(19)14-18)16-5-7-17(22)8-6-16/h3,5-10,14-15H,1,4,11-13H2,2H3. The first-order valence-electron chi connectivity index (χ1n) is 8.70. The fourth-order valence-electron chi connectivity index (χ4n) is 3.02. The quantitative estimate of drug-likeness (QED) is 0.441. The van der Waals surface area contributed by atoms with Gasteiger partial charge in [-0.3, -0.25) is 0 Å².